The summed E-state index contributed by atoms with van der Waals surface area (Å²) in [5.41, 5.74) is 8.22. The van der Waals surface area contributed by atoms with E-state index in [0.717, 1.165) is 0 Å². The minimum Gasteiger partial charge on any atom is -0.497 e. The lowest BCUT2D eigenvalue weighted by Gasteiger charge is -2.21. The number of nitrogens with two attached hydrogens (primary N) is 1. The van der Waals surface area contributed by atoms with Gasteiger partial charge >= 0.3 is 0 Å². The van der Waals surface area contributed by atoms with Gasteiger partial charge in [-0.25, -0.2) is 0 Å². The molecule has 0 saturated heterocycles. The van der Waals surface area contributed by atoms with Gasteiger partial charge in [0, 0.05) is 12.5 Å². The number of hydrogen-bond donors (Lipinski definition) is 2. The van der Waals surface area contributed by atoms with Crippen molar-refractivity contribution in [3.63, 3.8) is 0 Å². The lowest BCUT2D eigenvalue weighted by Crippen LogP contribution is -2.19. The van der Waals surface area contributed by atoms with Crippen LogP contribution in [-0.2, 0) is 4.79 Å². The Morgan fingerprint density at radius 2 is 1.83 bits per heavy atom. The van der Waals surface area contributed by atoms with E-state index in [1.54, 1.807) is 25.3 Å². The number of benzene rings is 2. The number of halogens is 1. The Kier molecular flexibility index (Phi) is 7.59. The molecule has 4 nitrogen and oxygen atoms in total. The number of hydrogen-bond acceptors (Lipinski definition) is 3. The first-order valence-electron chi connectivity index (χ1n) is 7.79. The van der Waals surface area contributed by atoms with Crippen LogP contribution in [0.5, 0.6) is 5.75 Å². The van der Waals surface area contributed by atoms with Crippen LogP contribution in [0.3, 0.4) is 0 Å². The highest BCUT2D eigenvalue weighted by molar-refractivity contribution is 5.94. The third-order valence-electron chi connectivity index (χ3n) is 3.97. The third kappa shape index (κ3) is 5.17. The molecule has 0 aliphatic carbocycles. The van der Waals surface area contributed by atoms with Crippen molar-refractivity contribution in [3.8, 4) is 5.75 Å². The number of methoxy groups -OCH3 is 1. The average Bonchev–Trinajstić information content (AvgIpc) is 2.55. The Morgan fingerprint density at radius 3 is 2.42 bits per heavy atom. The van der Waals surface area contributed by atoms with E-state index in [1.165, 1.54) is 5.56 Å². The molecule has 24 heavy (non-hydrogen) atoms. The Morgan fingerprint density at radius 1 is 1.17 bits per heavy atom. The predicted octanol–water partition coefficient (Wildman–Crippen LogP) is 4.47. The molecule has 5 heteroatoms. The summed E-state index contributed by atoms with van der Waals surface area (Å²) in [6, 6.07) is 15.4. The van der Waals surface area contributed by atoms with Crippen molar-refractivity contribution in [1.29, 1.82) is 0 Å². The van der Waals surface area contributed by atoms with Crippen molar-refractivity contribution >= 4 is 29.7 Å². The minimum atomic E-state index is -0.0486. The summed E-state index contributed by atoms with van der Waals surface area (Å²) in [5.74, 6) is 1.15. The molecule has 0 aromatic heterocycles. The first-order valence-corrected chi connectivity index (χ1v) is 7.79. The monoisotopic (exact) mass is 348 g/mol. The van der Waals surface area contributed by atoms with Gasteiger partial charge in [0.25, 0.3) is 0 Å². The molecule has 2 aromatic rings. The largest absolute Gasteiger partial charge is 0.497 e. The maximum Gasteiger partial charge on any atom is 0.225 e. The van der Waals surface area contributed by atoms with E-state index in [1.807, 2.05) is 18.2 Å². The van der Waals surface area contributed by atoms with Crippen molar-refractivity contribution in [1.82, 2.24) is 0 Å². The average molecular weight is 349 g/mol. The Labute approximate surface area is 149 Å². The van der Waals surface area contributed by atoms with E-state index < -0.39 is 0 Å². The second-order valence-electron chi connectivity index (χ2n) is 5.97. The van der Waals surface area contributed by atoms with E-state index in [4.69, 9.17) is 10.5 Å². The number of amides is 1. The minimum absolute atomic E-state index is 0. The van der Waals surface area contributed by atoms with Crippen LogP contribution in [0.15, 0.2) is 48.5 Å². The van der Waals surface area contributed by atoms with E-state index in [2.05, 4.69) is 31.3 Å². The molecule has 0 aliphatic heterocycles. The number of rotatable bonds is 6. The van der Waals surface area contributed by atoms with E-state index >= 15 is 0 Å². The lowest BCUT2D eigenvalue weighted by atomic mass is 9.85. The standard InChI is InChI=1S/C19H24N2O2.ClH/c1-13(2)16(14-7-5-4-6-8-14)12-19(22)21-18-11-15(23-3)9-10-17(18)20;/h4-11,13,16H,12,20H2,1-3H3,(H,21,22);1H. The molecule has 0 heterocycles. The van der Waals surface area contributed by atoms with Crippen molar-refractivity contribution in [2.45, 2.75) is 26.2 Å². The molecule has 0 bridgehead atoms. The van der Waals surface area contributed by atoms with Crippen LogP contribution in [0.1, 0.15) is 31.7 Å². The summed E-state index contributed by atoms with van der Waals surface area (Å²) < 4.78 is 5.17. The van der Waals surface area contributed by atoms with Gasteiger partial charge in [0.05, 0.1) is 18.5 Å². The lowest BCUT2D eigenvalue weighted by molar-refractivity contribution is -0.116. The van der Waals surface area contributed by atoms with Gasteiger partial charge in [-0.1, -0.05) is 44.2 Å². The predicted molar refractivity (Wildman–Crippen MR) is 102 cm³/mol. The van der Waals surface area contributed by atoms with Gasteiger partial charge < -0.3 is 15.8 Å². The quantitative estimate of drug-likeness (QED) is 0.757. The van der Waals surface area contributed by atoms with E-state index in [9.17, 15) is 4.79 Å². The van der Waals surface area contributed by atoms with Crippen LogP contribution < -0.4 is 15.8 Å². The molecular weight excluding hydrogens is 324 g/mol. The Hall–Kier alpha value is -2.20. The SMILES string of the molecule is COc1ccc(N)c(NC(=O)CC(c2ccccc2)C(C)C)c1.Cl. The molecule has 1 atom stereocenters. The highest BCUT2D eigenvalue weighted by Gasteiger charge is 2.20. The molecule has 0 spiro atoms. The molecule has 2 aromatic carbocycles. The van der Waals surface area contributed by atoms with Crippen LogP contribution in [-0.4, -0.2) is 13.0 Å². The third-order valence-corrected chi connectivity index (χ3v) is 3.97. The topological polar surface area (TPSA) is 64.3 Å². The van der Waals surface area contributed by atoms with Crippen LogP contribution in [0.4, 0.5) is 11.4 Å². The first-order chi connectivity index (χ1) is 11.0. The highest BCUT2D eigenvalue weighted by atomic mass is 35.5. The Balaban J connectivity index is 0.00000288. The van der Waals surface area contributed by atoms with Gasteiger partial charge in [-0.05, 0) is 29.5 Å². The fourth-order valence-corrected chi connectivity index (χ4v) is 2.61. The molecule has 130 valence electrons. The van der Waals surface area contributed by atoms with Crippen LogP contribution in [0.2, 0.25) is 0 Å². The molecule has 2 rings (SSSR count). The normalized spacial score (nSPS) is 11.5. The molecule has 0 saturated carbocycles. The van der Waals surface area contributed by atoms with Gasteiger partial charge in [-0.3, -0.25) is 4.79 Å². The highest BCUT2D eigenvalue weighted by Crippen LogP contribution is 2.29. The van der Waals surface area contributed by atoms with Gasteiger partial charge in [-0.15, -0.1) is 12.4 Å². The molecule has 0 fully saturated rings. The zero-order valence-electron chi connectivity index (χ0n) is 14.3. The van der Waals surface area contributed by atoms with E-state index in [0.29, 0.717) is 29.5 Å². The molecule has 0 aliphatic rings. The number of anilines is 2. The number of carbonyl (C=O) groups excluding carboxylic acids is 1. The van der Waals surface area contributed by atoms with Gasteiger partial charge in [0.15, 0.2) is 0 Å². The number of nitrogen functional groups attached to an aromatic ring is 1. The first kappa shape index (κ1) is 19.8. The van der Waals surface area contributed by atoms with Crippen LogP contribution >= 0.6 is 12.4 Å². The second kappa shape index (κ2) is 9.18. The maximum atomic E-state index is 12.4. The zero-order chi connectivity index (χ0) is 16.8. The summed E-state index contributed by atoms with van der Waals surface area (Å²) >= 11 is 0. The molecular formula is C19H25ClN2O2. The summed E-state index contributed by atoms with van der Waals surface area (Å²) in [7, 11) is 1.58. The fourth-order valence-electron chi connectivity index (χ4n) is 2.61. The van der Waals surface area contributed by atoms with Crippen molar-refractivity contribution in [2.24, 2.45) is 5.92 Å². The summed E-state index contributed by atoms with van der Waals surface area (Å²) in [6.07, 6.45) is 0.415. The van der Waals surface area contributed by atoms with E-state index in [-0.39, 0.29) is 24.2 Å². The zero-order valence-corrected chi connectivity index (χ0v) is 15.1. The fraction of sp³-hybridized carbons (Fsp3) is 0.316. The summed E-state index contributed by atoms with van der Waals surface area (Å²) in [5, 5.41) is 2.90. The molecule has 0 radical (unpaired) electrons. The summed E-state index contributed by atoms with van der Waals surface area (Å²) in [4.78, 5) is 12.4. The molecule has 1 unspecified atom stereocenters. The smallest absolute Gasteiger partial charge is 0.225 e. The van der Waals surface area contributed by atoms with Gasteiger partial charge in [-0.2, -0.15) is 0 Å². The Bertz CT molecular complexity index is 660. The number of nitrogens with one attached hydrogen (secondary N) is 1. The van der Waals surface area contributed by atoms with Crippen LogP contribution in [0, 0.1) is 5.92 Å². The molecule has 3 N–H and O–H groups in total. The van der Waals surface area contributed by atoms with Crippen LogP contribution in [0.25, 0.3) is 0 Å². The van der Waals surface area contributed by atoms with Gasteiger partial charge in [0.2, 0.25) is 5.91 Å². The number of carbonyl (C=O) groups is 1. The van der Waals surface area contributed by atoms with Gasteiger partial charge in [0.1, 0.15) is 5.75 Å². The molecule has 1 amide bonds. The maximum absolute atomic E-state index is 12.4. The summed E-state index contributed by atoms with van der Waals surface area (Å²) in [6.45, 7) is 4.26. The second-order valence-corrected chi connectivity index (χ2v) is 5.97. The van der Waals surface area contributed by atoms with Crippen molar-refractivity contribution in [3.05, 3.63) is 54.1 Å². The number of ether oxygens (including phenoxy) is 1. The van der Waals surface area contributed by atoms with Crippen molar-refractivity contribution < 1.29 is 9.53 Å². The van der Waals surface area contributed by atoms with Crippen molar-refractivity contribution in [2.75, 3.05) is 18.2 Å².